The van der Waals surface area contributed by atoms with Gasteiger partial charge in [-0.15, -0.1) is 0 Å². The second-order valence-corrected chi connectivity index (χ2v) is 4.17. The zero-order chi connectivity index (χ0) is 12.1. The third kappa shape index (κ3) is 3.14. The van der Waals surface area contributed by atoms with Gasteiger partial charge < -0.3 is 4.74 Å². The number of ether oxygens (including phenoxy) is 1. The Morgan fingerprint density at radius 1 is 0.941 bits per heavy atom. The van der Waals surface area contributed by atoms with Crippen molar-refractivity contribution in [1.82, 2.24) is 0 Å². The van der Waals surface area contributed by atoms with Gasteiger partial charge in [-0.1, -0.05) is 49.4 Å². The van der Waals surface area contributed by atoms with Crippen LogP contribution in [0, 0.1) is 0 Å². The maximum atomic E-state index is 5.49. The van der Waals surface area contributed by atoms with Crippen molar-refractivity contribution in [3.05, 3.63) is 54.6 Å². The standard InChI is InChI=1S/C15H14OS/c1-2-15(17)16-14-10-8-13(9-11-14)12-6-4-3-5-7-12/h3-11H,2H2,1H3. The highest BCUT2D eigenvalue weighted by Crippen LogP contribution is 2.22. The number of hydrogen-bond acceptors (Lipinski definition) is 2. The van der Waals surface area contributed by atoms with Crippen LogP contribution < -0.4 is 4.74 Å². The molecule has 2 aromatic carbocycles. The molecule has 0 aliphatic heterocycles. The molecule has 0 bridgehead atoms. The molecule has 0 aliphatic carbocycles. The van der Waals surface area contributed by atoms with E-state index in [0.29, 0.717) is 5.05 Å². The minimum Gasteiger partial charge on any atom is -0.450 e. The van der Waals surface area contributed by atoms with E-state index in [-0.39, 0.29) is 0 Å². The topological polar surface area (TPSA) is 9.23 Å². The first-order chi connectivity index (χ1) is 8.29. The van der Waals surface area contributed by atoms with E-state index in [1.165, 1.54) is 11.1 Å². The molecule has 0 atom stereocenters. The summed E-state index contributed by atoms with van der Waals surface area (Å²) in [6, 6.07) is 18.2. The van der Waals surface area contributed by atoms with Crippen molar-refractivity contribution in [2.24, 2.45) is 0 Å². The van der Waals surface area contributed by atoms with Gasteiger partial charge in [0.1, 0.15) is 5.75 Å². The van der Waals surface area contributed by atoms with Crippen molar-refractivity contribution >= 4 is 17.3 Å². The highest BCUT2D eigenvalue weighted by Gasteiger charge is 1.99. The van der Waals surface area contributed by atoms with Gasteiger partial charge in [-0.05, 0) is 35.5 Å². The molecule has 17 heavy (non-hydrogen) atoms. The molecule has 0 N–H and O–H groups in total. The van der Waals surface area contributed by atoms with Gasteiger partial charge in [0.15, 0.2) is 5.05 Å². The summed E-state index contributed by atoms with van der Waals surface area (Å²) in [7, 11) is 0. The molecule has 0 radical (unpaired) electrons. The third-order valence-corrected chi connectivity index (χ3v) is 2.85. The normalized spacial score (nSPS) is 9.94. The Morgan fingerprint density at radius 2 is 1.53 bits per heavy atom. The van der Waals surface area contributed by atoms with E-state index in [1.807, 2.05) is 49.4 Å². The van der Waals surface area contributed by atoms with E-state index in [9.17, 15) is 0 Å². The van der Waals surface area contributed by atoms with Crippen molar-refractivity contribution in [2.75, 3.05) is 0 Å². The average molecular weight is 242 g/mol. The lowest BCUT2D eigenvalue weighted by atomic mass is 10.1. The fraction of sp³-hybridized carbons (Fsp3) is 0.133. The molecule has 2 aromatic rings. The van der Waals surface area contributed by atoms with E-state index < -0.39 is 0 Å². The van der Waals surface area contributed by atoms with Crippen molar-refractivity contribution in [1.29, 1.82) is 0 Å². The summed E-state index contributed by atoms with van der Waals surface area (Å²) in [5.41, 5.74) is 2.39. The van der Waals surface area contributed by atoms with Crippen LogP contribution in [0.3, 0.4) is 0 Å². The number of hydrogen-bond donors (Lipinski definition) is 0. The first kappa shape index (κ1) is 11.8. The summed E-state index contributed by atoms with van der Waals surface area (Å²) in [6.07, 6.45) is 0.760. The van der Waals surface area contributed by atoms with Gasteiger partial charge in [0.2, 0.25) is 0 Å². The van der Waals surface area contributed by atoms with E-state index >= 15 is 0 Å². The molecule has 0 saturated heterocycles. The van der Waals surface area contributed by atoms with Crippen LogP contribution in [-0.2, 0) is 0 Å². The van der Waals surface area contributed by atoms with Crippen LogP contribution in [0.5, 0.6) is 5.75 Å². The molecule has 0 saturated carbocycles. The summed E-state index contributed by atoms with van der Waals surface area (Å²) in [4.78, 5) is 0. The maximum absolute atomic E-state index is 5.49. The van der Waals surface area contributed by atoms with Crippen LogP contribution in [-0.4, -0.2) is 5.05 Å². The average Bonchev–Trinajstić information content (AvgIpc) is 2.40. The van der Waals surface area contributed by atoms with E-state index in [4.69, 9.17) is 17.0 Å². The second kappa shape index (κ2) is 5.60. The molecule has 86 valence electrons. The van der Waals surface area contributed by atoms with Gasteiger partial charge in [-0.25, -0.2) is 0 Å². The van der Waals surface area contributed by atoms with Crippen molar-refractivity contribution in [3.63, 3.8) is 0 Å². The van der Waals surface area contributed by atoms with Crippen LogP contribution in [0.2, 0.25) is 0 Å². The molecule has 0 amide bonds. The highest BCUT2D eigenvalue weighted by molar-refractivity contribution is 7.80. The van der Waals surface area contributed by atoms with Gasteiger partial charge in [0.05, 0.1) is 0 Å². The van der Waals surface area contributed by atoms with E-state index in [1.54, 1.807) is 0 Å². The first-order valence-corrected chi connectivity index (χ1v) is 6.06. The molecular weight excluding hydrogens is 228 g/mol. The van der Waals surface area contributed by atoms with Crippen LogP contribution in [0.15, 0.2) is 54.6 Å². The Labute approximate surface area is 107 Å². The van der Waals surface area contributed by atoms with Crippen LogP contribution in [0.25, 0.3) is 11.1 Å². The summed E-state index contributed by atoms with van der Waals surface area (Å²) in [6.45, 7) is 1.99. The number of thiocarbonyl (C=S) groups is 1. The quantitative estimate of drug-likeness (QED) is 0.734. The van der Waals surface area contributed by atoms with Gasteiger partial charge >= 0.3 is 0 Å². The Kier molecular flexibility index (Phi) is 3.89. The second-order valence-electron chi connectivity index (χ2n) is 3.72. The Balaban J connectivity index is 2.16. The van der Waals surface area contributed by atoms with Gasteiger partial charge in [0.25, 0.3) is 0 Å². The summed E-state index contributed by atoms with van der Waals surface area (Å²) in [5, 5.41) is 0.623. The van der Waals surface area contributed by atoms with E-state index in [0.717, 1.165) is 12.2 Å². The van der Waals surface area contributed by atoms with E-state index in [2.05, 4.69) is 12.1 Å². The third-order valence-electron chi connectivity index (χ3n) is 2.48. The number of rotatable bonds is 3. The fourth-order valence-corrected chi connectivity index (χ4v) is 1.65. The molecule has 2 heteroatoms. The smallest absolute Gasteiger partial charge is 0.167 e. The predicted octanol–water partition coefficient (Wildman–Crippen LogP) is 4.47. The van der Waals surface area contributed by atoms with Gasteiger partial charge in [0, 0.05) is 6.42 Å². The minimum absolute atomic E-state index is 0.623. The zero-order valence-corrected chi connectivity index (χ0v) is 10.5. The molecule has 0 aliphatic rings. The van der Waals surface area contributed by atoms with Crippen molar-refractivity contribution in [2.45, 2.75) is 13.3 Å². The fourth-order valence-electron chi connectivity index (χ4n) is 1.55. The maximum Gasteiger partial charge on any atom is 0.167 e. The number of benzene rings is 2. The lowest BCUT2D eigenvalue weighted by Gasteiger charge is -2.06. The molecule has 0 heterocycles. The Morgan fingerprint density at radius 3 is 2.12 bits per heavy atom. The molecular formula is C15H14OS. The Hall–Kier alpha value is -1.67. The first-order valence-electron chi connectivity index (χ1n) is 5.66. The molecule has 2 rings (SSSR count). The van der Waals surface area contributed by atoms with Crippen LogP contribution >= 0.6 is 12.2 Å². The SMILES string of the molecule is CCC(=S)Oc1ccc(-c2ccccc2)cc1. The van der Waals surface area contributed by atoms with Crippen LogP contribution in [0.4, 0.5) is 0 Å². The highest BCUT2D eigenvalue weighted by atomic mass is 32.1. The summed E-state index contributed by atoms with van der Waals surface area (Å²) >= 11 is 5.04. The van der Waals surface area contributed by atoms with Gasteiger partial charge in [-0.3, -0.25) is 0 Å². The Bertz CT molecular complexity index is 488. The molecule has 0 unspecified atom stereocenters. The molecule has 0 fully saturated rings. The molecule has 0 spiro atoms. The monoisotopic (exact) mass is 242 g/mol. The van der Waals surface area contributed by atoms with Crippen molar-refractivity contribution in [3.8, 4) is 16.9 Å². The zero-order valence-electron chi connectivity index (χ0n) is 9.72. The van der Waals surface area contributed by atoms with Crippen LogP contribution in [0.1, 0.15) is 13.3 Å². The lowest BCUT2D eigenvalue weighted by molar-refractivity contribution is 0.551. The summed E-state index contributed by atoms with van der Waals surface area (Å²) in [5.74, 6) is 0.802. The lowest BCUT2D eigenvalue weighted by Crippen LogP contribution is -2.02. The predicted molar refractivity (Wildman–Crippen MR) is 75.4 cm³/mol. The largest absolute Gasteiger partial charge is 0.450 e. The summed E-state index contributed by atoms with van der Waals surface area (Å²) < 4.78 is 5.49. The molecule has 0 aromatic heterocycles. The van der Waals surface area contributed by atoms with Crippen molar-refractivity contribution < 1.29 is 4.74 Å². The minimum atomic E-state index is 0.623. The molecule has 1 nitrogen and oxygen atoms in total. The van der Waals surface area contributed by atoms with Gasteiger partial charge in [-0.2, -0.15) is 0 Å².